The van der Waals surface area contributed by atoms with Crippen molar-refractivity contribution in [3.63, 3.8) is 0 Å². The van der Waals surface area contributed by atoms with Crippen LogP contribution in [0.25, 0.3) is 0 Å². The summed E-state index contributed by atoms with van der Waals surface area (Å²) in [5.74, 6) is 0.192. The number of carbonyl (C=O) groups is 2. The second-order valence-corrected chi connectivity index (χ2v) is 5.67. The summed E-state index contributed by atoms with van der Waals surface area (Å²) in [6, 6.07) is 0.819. The zero-order valence-electron chi connectivity index (χ0n) is 10.2. The minimum atomic E-state index is -0.0938. The van der Waals surface area contributed by atoms with Gasteiger partial charge in [0.25, 0.3) is 0 Å². The predicted molar refractivity (Wildman–Crippen MR) is 63.2 cm³/mol. The molecular formula is C13H20N2O2. The fourth-order valence-electron chi connectivity index (χ4n) is 3.02. The van der Waals surface area contributed by atoms with E-state index in [9.17, 15) is 9.59 Å². The number of rotatable bonds is 3. The van der Waals surface area contributed by atoms with Crippen LogP contribution in [0.15, 0.2) is 0 Å². The Morgan fingerprint density at radius 3 is 2.53 bits per heavy atom. The lowest BCUT2D eigenvalue weighted by Crippen LogP contribution is -2.37. The van der Waals surface area contributed by atoms with Gasteiger partial charge in [0.15, 0.2) is 0 Å². The summed E-state index contributed by atoms with van der Waals surface area (Å²) < 4.78 is 0. The van der Waals surface area contributed by atoms with Crippen LogP contribution in [0.2, 0.25) is 0 Å². The van der Waals surface area contributed by atoms with E-state index >= 15 is 0 Å². The van der Waals surface area contributed by atoms with Crippen LogP contribution < -0.4 is 5.32 Å². The highest BCUT2D eigenvalue weighted by atomic mass is 16.2. The zero-order chi connectivity index (χ0) is 11.8. The molecule has 2 saturated carbocycles. The van der Waals surface area contributed by atoms with Crippen molar-refractivity contribution >= 4 is 11.8 Å². The third-order valence-corrected chi connectivity index (χ3v) is 4.22. The summed E-state index contributed by atoms with van der Waals surface area (Å²) in [4.78, 5) is 25.8. The molecule has 2 amide bonds. The predicted octanol–water partition coefficient (Wildman–Crippen LogP) is 1.06. The second kappa shape index (κ2) is 4.31. The summed E-state index contributed by atoms with van der Waals surface area (Å²) in [5.41, 5.74) is 0. The number of carbonyl (C=O) groups excluding carboxylic acids is 2. The number of likely N-dealkylation sites (tertiary alicyclic amines) is 1. The Balaban J connectivity index is 1.57. The van der Waals surface area contributed by atoms with Gasteiger partial charge in [-0.3, -0.25) is 9.59 Å². The Hall–Kier alpha value is -1.06. The highest BCUT2D eigenvalue weighted by Gasteiger charge is 2.39. The molecule has 0 spiro atoms. The van der Waals surface area contributed by atoms with Crippen LogP contribution in [0.5, 0.6) is 0 Å². The molecular weight excluding hydrogens is 216 g/mol. The average Bonchev–Trinajstić information content (AvgIpc) is 2.81. The van der Waals surface area contributed by atoms with Gasteiger partial charge in [0.1, 0.15) is 0 Å². The van der Waals surface area contributed by atoms with Crippen molar-refractivity contribution in [2.75, 3.05) is 6.54 Å². The molecule has 1 atom stereocenters. The van der Waals surface area contributed by atoms with E-state index in [1.807, 2.05) is 4.90 Å². The van der Waals surface area contributed by atoms with Crippen LogP contribution in [-0.2, 0) is 9.59 Å². The Bertz CT molecular complexity index is 332. The Kier molecular flexibility index (Phi) is 2.81. The lowest BCUT2D eigenvalue weighted by molar-refractivity contribution is -0.130. The van der Waals surface area contributed by atoms with Crippen LogP contribution in [0.4, 0.5) is 0 Å². The number of nitrogens with one attached hydrogen (secondary N) is 1. The van der Waals surface area contributed by atoms with Crippen molar-refractivity contribution in [1.82, 2.24) is 10.2 Å². The normalized spacial score (nSPS) is 30.0. The van der Waals surface area contributed by atoms with Gasteiger partial charge in [-0.15, -0.1) is 0 Å². The third kappa shape index (κ3) is 2.31. The van der Waals surface area contributed by atoms with Gasteiger partial charge in [-0.1, -0.05) is 12.8 Å². The standard InChI is InChI=1S/C13H20N2O2/c16-12-7-9(13(17)14-10-5-6-10)8-15(12)11-3-1-2-4-11/h9-11H,1-8H2,(H,14,17)/t9-/m0/s1. The lowest BCUT2D eigenvalue weighted by atomic mass is 10.1. The van der Waals surface area contributed by atoms with Crippen molar-refractivity contribution in [3.8, 4) is 0 Å². The van der Waals surface area contributed by atoms with Crippen molar-refractivity contribution in [2.45, 2.75) is 57.0 Å². The fourth-order valence-corrected chi connectivity index (χ4v) is 3.02. The highest BCUT2D eigenvalue weighted by Crippen LogP contribution is 2.30. The molecule has 0 aromatic heterocycles. The van der Waals surface area contributed by atoms with E-state index in [4.69, 9.17) is 0 Å². The van der Waals surface area contributed by atoms with Gasteiger partial charge < -0.3 is 10.2 Å². The molecule has 0 unspecified atom stereocenters. The molecule has 1 aliphatic heterocycles. The molecule has 2 aliphatic carbocycles. The van der Waals surface area contributed by atoms with E-state index < -0.39 is 0 Å². The average molecular weight is 236 g/mol. The first-order valence-corrected chi connectivity index (χ1v) is 6.84. The molecule has 0 bridgehead atoms. The van der Waals surface area contributed by atoms with E-state index in [0.717, 1.165) is 25.7 Å². The quantitative estimate of drug-likeness (QED) is 0.796. The summed E-state index contributed by atoms with van der Waals surface area (Å²) in [6.45, 7) is 0.655. The van der Waals surface area contributed by atoms with Crippen LogP contribution >= 0.6 is 0 Å². The third-order valence-electron chi connectivity index (χ3n) is 4.22. The maximum absolute atomic E-state index is 11.9. The van der Waals surface area contributed by atoms with Crippen molar-refractivity contribution in [2.24, 2.45) is 5.92 Å². The number of nitrogens with zero attached hydrogens (tertiary/aromatic N) is 1. The first-order valence-electron chi connectivity index (χ1n) is 6.84. The first kappa shape index (κ1) is 11.1. The van der Waals surface area contributed by atoms with Gasteiger partial charge in [-0.2, -0.15) is 0 Å². The molecule has 3 fully saturated rings. The van der Waals surface area contributed by atoms with Crippen LogP contribution in [0.1, 0.15) is 44.9 Å². The van der Waals surface area contributed by atoms with Gasteiger partial charge in [0.2, 0.25) is 11.8 Å². The van der Waals surface area contributed by atoms with E-state index in [1.54, 1.807) is 0 Å². The van der Waals surface area contributed by atoms with Crippen molar-refractivity contribution < 1.29 is 9.59 Å². The number of amides is 2. The summed E-state index contributed by atoms with van der Waals surface area (Å²) >= 11 is 0. The lowest BCUT2D eigenvalue weighted by Gasteiger charge is -2.23. The Morgan fingerprint density at radius 1 is 1.18 bits per heavy atom. The summed E-state index contributed by atoms with van der Waals surface area (Å²) in [6.07, 6.45) is 7.36. The smallest absolute Gasteiger partial charge is 0.225 e. The fraction of sp³-hybridized carbons (Fsp3) is 0.846. The van der Waals surface area contributed by atoms with Gasteiger partial charge in [0, 0.05) is 25.0 Å². The molecule has 0 aromatic rings. The molecule has 1 heterocycles. The summed E-state index contributed by atoms with van der Waals surface area (Å²) in [7, 11) is 0. The number of hydrogen-bond acceptors (Lipinski definition) is 2. The molecule has 94 valence electrons. The van der Waals surface area contributed by atoms with Crippen molar-refractivity contribution in [3.05, 3.63) is 0 Å². The molecule has 0 radical (unpaired) electrons. The Morgan fingerprint density at radius 2 is 1.88 bits per heavy atom. The molecule has 1 saturated heterocycles. The molecule has 3 rings (SSSR count). The molecule has 1 N–H and O–H groups in total. The minimum absolute atomic E-state index is 0.0938. The molecule has 0 aromatic carbocycles. The van der Waals surface area contributed by atoms with E-state index in [1.165, 1.54) is 12.8 Å². The van der Waals surface area contributed by atoms with Crippen LogP contribution in [-0.4, -0.2) is 35.3 Å². The van der Waals surface area contributed by atoms with E-state index in [-0.39, 0.29) is 17.7 Å². The molecule has 17 heavy (non-hydrogen) atoms. The van der Waals surface area contributed by atoms with Crippen molar-refractivity contribution in [1.29, 1.82) is 0 Å². The summed E-state index contributed by atoms with van der Waals surface area (Å²) in [5, 5.41) is 3.01. The second-order valence-electron chi connectivity index (χ2n) is 5.67. The van der Waals surface area contributed by atoms with Gasteiger partial charge >= 0.3 is 0 Å². The Labute approximate surface area is 102 Å². The SMILES string of the molecule is O=C(NC1CC1)[C@H]1CC(=O)N(C2CCCC2)C1. The van der Waals surface area contributed by atoms with Gasteiger partial charge in [-0.25, -0.2) is 0 Å². The molecule has 3 aliphatic rings. The van der Waals surface area contributed by atoms with E-state index in [2.05, 4.69) is 5.32 Å². The maximum atomic E-state index is 11.9. The van der Waals surface area contributed by atoms with Gasteiger partial charge in [0.05, 0.1) is 5.92 Å². The van der Waals surface area contributed by atoms with Crippen LogP contribution in [0, 0.1) is 5.92 Å². The van der Waals surface area contributed by atoms with Gasteiger partial charge in [-0.05, 0) is 25.7 Å². The maximum Gasteiger partial charge on any atom is 0.225 e. The highest BCUT2D eigenvalue weighted by molar-refractivity contribution is 5.89. The minimum Gasteiger partial charge on any atom is -0.353 e. The first-order chi connectivity index (χ1) is 8.24. The zero-order valence-corrected chi connectivity index (χ0v) is 10.2. The number of hydrogen-bond donors (Lipinski definition) is 1. The molecule has 4 heteroatoms. The van der Waals surface area contributed by atoms with Crippen LogP contribution in [0.3, 0.4) is 0 Å². The monoisotopic (exact) mass is 236 g/mol. The largest absolute Gasteiger partial charge is 0.353 e. The topological polar surface area (TPSA) is 49.4 Å². The molecule has 4 nitrogen and oxygen atoms in total. The van der Waals surface area contributed by atoms with E-state index in [0.29, 0.717) is 25.0 Å².